The molecule has 1 aliphatic rings. The lowest BCUT2D eigenvalue weighted by Gasteiger charge is -2.35. The van der Waals surface area contributed by atoms with Crippen LogP contribution in [0.15, 0.2) is 41.6 Å². The Kier molecular flexibility index (Phi) is 5.84. The highest BCUT2D eigenvalue weighted by molar-refractivity contribution is 6.02. The van der Waals surface area contributed by atoms with E-state index in [1.807, 2.05) is 0 Å². The summed E-state index contributed by atoms with van der Waals surface area (Å²) in [4.78, 5) is 37.2. The summed E-state index contributed by atoms with van der Waals surface area (Å²) in [6, 6.07) is 7.56. The van der Waals surface area contributed by atoms with E-state index in [-0.39, 0.29) is 25.0 Å². The van der Waals surface area contributed by atoms with Gasteiger partial charge in [0.2, 0.25) is 5.91 Å². The first kappa shape index (κ1) is 19.7. The second-order valence-corrected chi connectivity index (χ2v) is 5.88. The van der Waals surface area contributed by atoms with E-state index in [9.17, 15) is 27.6 Å². The van der Waals surface area contributed by atoms with Gasteiger partial charge >= 0.3 is 12.1 Å². The standard InChI is InChI=1S/C18H18F3NO4/c1-11-13(16(24)18(19,20)21)8-9-15(23)22(11)14(17(25)26-2)10-12-6-4-3-5-7-12/h3-7,14H,8-10H2,1-2H3/t14-/m1/s1. The average molecular weight is 369 g/mol. The molecule has 1 aromatic rings. The van der Waals surface area contributed by atoms with E-state index in [1.165, 1.54) is 6.92 Å². The van der Waals surface area contributed by atoms with E-state index in [4.69, 9.17) is 4.74 Å². The van der Waals surface area contributed by atoms with Crippen molar-refractivity contribution in [1.29, 1.82) is 0 Å². The molecule has 0 radical (unpaired) electrons. The quantitative estimate of drug-likeness (QED) is 0.749. The van der Waals surface area contributed by atoms with Gasteiger partial charge in [0.15, 0.2) is 0 Å². The molecule has 140 valence electrons. The first-order chi connectivity index (χ1) is 12.2. The maximum Gasteiger partial charge on any atom is 0.454 e. The number of esters is 1. The number of benzene rings is 1. The smallest absolute Gasteiger partial charge is 0.454 e. The zero-order valence-corrected chi connectivity index (χ0v) is 14.3. The number of hydrogen-bond acceptors (Lipinski definition) is 4. The summed E-state index contributed by atoms with van der Waals surface area (Å²) >= 11 is 0. The molecule has 26 heavy (non-hydrogen) atoms. The predicted molar refractivity (Wildman–Crippen MR) is 85.8 cm³/mol. The van der Waals surface area contributed by atoms with Crippen molar-refractivity contribution in [3.8, 4) is 0 Å². The molecule has 0 bridgehead atoms. The molecule has 0 aromatic heterocycles. The van der Waals surface area contributed by atoms with Crippen molar-refractivity contribution >= 4 is 17.7 Å². The van der Waals surface area contributed by atoms with Gasteiger partial charge in [0.05, 0.1) is 7.11 Å². The monoisotopic (exact) mass is 369 g/mol. The molecule has 0 fully saturated rings. The van der Waals surface area contributed by atoms with Crippen molar-refractivity contribution in [1.82, 2.24) is 4.90 Å². The number of alkyl halides is 3. The van der Waals surface area contributed by atoms with Crippen LogP contribution in [0.4, 0.5) is 13.2 Å². The molecule has 0 spiro atoms. The van der Waals surface area contributed by atoms with Crippen molar-refractivity contribution in [3.63, 3.8) is 0 Å². The molecular weight excluding hydrogens is 351 g/mol. The van der Waals surface area contributed by atoms with Crippen molar-refractivity contribution in [2.45, 2.75) is 38.4 Å². The van der Waals surface area contributed by atoms with Crippen LogP contribution in [0, 0.1) is 0 Å². The number of ether oxygens (including phenoxy) is 1. The minimum Gasteiger partial charge on any atom is -0.467 e. The molecule has 0 N–H and O–H groups in total. The molecule has 1 atom stereocenters. The summed E-state index contributed by atoms with van der Waals surface area (Å²) in [5.41, 5.74) is 0.0479. The van der Waals surface area contributed by atoms with Crippen LogP contribution in [-0.2, 0) is 25.5 Å². The Balaban J connectivity index is 2.45. The number of hydrogen-bond donors (Lipinski definition) is 0. The summed E-state index contributed by atoms with van der Waals surface area (Å²) in [5.74, 6) is -3.27. The second kappa shape index (κ2) is 7.72. The van der Waals surface area contributed by atoms with Crippen LogP contribution in [0.3, 0.4) is 0 Å². The molecule has 8 heteroatoms. The van der Waals surface area contributed by atoms with Crippen LogP contribution >= 0.6 is 0 Å². The molecule has 5 nitrogen and oxygen atoms in total. The number of ketones is 1. The predicted octanol–water partition coefficient (Wildman–Crippen LogP) is 2.80. The number of amides is 1. The molecule has 1 heterocycles. The van der Waals surface area contributed by atoms with E-state index in [0.29, 0.717) is 5.56 Å². The Hall–Kier alpha value is -2.64. The summed E-state index contributed by atoms with van der Waals surface area (Å²) < 4.78 is 43.2. The lowest BCUT2D eigenvalue weighted by Crippen LogP contribution is -2.48. The Morgan fingerprint density at radius 1 is 1.19 bits per heavy atom. The Bertz CT molecular complexity index is 741. The number of Topliss-reactive ketones (excluding diaryl/α,β-unsaturated/α-hetero) is 1. The van der Waals surface area contributed by atoms with E-state index in [2.05, 4.69) is 0 Å². The van der Waals surface area contributed by atoms with Crippen molar-refractivity contribution in [3.05, 3.63) is 47.2 Å². The number of halogens is 3. The van der Waals surface area contributed by atoms with Gasteiger partial charge in [-0.1, -0.05) is 30.3 Å². The summed E-state index contributed by atoms with van der Waals surface area (Å²) in [6.07, 6.45) is -5.57. The minimum absolute atomic E-state index is 0.0596. The fraction of sp³-hybridized carbons (Fsp3) is 0.389. The van der Waals surface area contributed by atoms with E-state index >= 15 is 0 Å². The Morgan fingerprint density at radius 3 is 2.35 bits per heavy atom. The summed E-state index contributed by atoms with van der Waals surface area (Å²) in [5, 5.41) is 0. The highest BCUT2D eigenvalue weighted by Crippen LogP contribution is 2.32. The SMILES string of the molecule is COC(=O)[C@@H](Cc1ccccc1)N1C(=O)CCC(C(=O)C(F)(F)F)=C1C. The normalized spacial score (nSPS) is 16.5. The van der Waals surface area contributed by atoms with Gasteiger partial charge in [0, 0.05) is 24.1 Å². The molecule has 1 aliphatic heterocycles. The third-order valence-electron chi connectivity index (χ3n) is 4.24. The number of methoxy groups -OCH3 is 1. The Labute approximate surface area is 148 Å². The van der Waals surface area contributed by atoms with E-state index in [1.54, 1.807) is 30.3 Å². The van der Waals surface area contributed by atoms with Crippen molar-refractivity contribution in [2.75, 3.05) is 7.11 Å². The summed E-state index contributed by atoms with van der Waals surface area (Å²) in [6.45, 7) is 1.25. The minimum atomic E-state index is -5.04. The molecule has 1 aromatic carbocycles. The summed E-state index contributed by atoms with van der Waals surface area (Å²) in [7, 11) is 1.13. The van der Waals surface area contributed by atoms with Gasteiger partial charge < -0.3 is 9.64 Å². The van der Waals surface area contributed by atoms with Gasteiger partial charge in [-0.3, -0.25) is 9.59 Å². The Morgan fingerprint density at radius 2 is 1.81 bits per heavy atom. The van der Waals surface area contributed by atoms with E-state index in [0.717, 1.165) is 12.0 Å². The molecule has 0 saturated carbocycles. The largest absolute Gasteiger partial charge is 0.467 e. The highest BCUT2D eigenvalue weighted by atomic mass is 19.4. The zero-order chi connectivity index (χ0) is 19.5. The maximum atomic E-state index is 12.8. The first-order valence-corrected chi connectivity index (χ1v) is 7.92. The zero-order valence-electron chi connectivity index (χ0n) is 14.3. The maximum absolute atomic E-state index is 12.8. The van der Waals surface area contributed by atoms with E-state index < -0.39 is 35.5 Å². The van der Waals surface area contributed by atoms with Crippen molar-refractivity contribution in [2.24, 2.45) is 0 Å². The lowest BCUT2D eigenvalue weighted by atomic mass is 9.94. The fourth-order valence-corrected chi connectivity index (χ4v) is 2.98. The third-order valence-corrected chi connectivity index (χ3v) is 4.24. The first-order valence-electron chi connectivity index (χ1n) is 7.92. The van der Waals surface area contributed by atoms with Crippen LogP contribution in [0.25, 0.3) is 0 Å². The number of nitrogens with zero attached hydrogens (tertiary/aromatic N) is 1. The van der Waals surface area contributed by atoms with Gasteiger partial charge in [-0.2, -0.15) is 13.2 Å². The third kappa shape index (κ3) is 4.12. The highest BCUT2D eigenvalue weighted by Gasteiger charge is 2.45. The number of carbonyl (C=O) groups excluding carboxylic acids is 3. The average Bonchev–Trinajstić information content (AvgIpc) is 2.60. The van der Waals surface area contributed by atoms with Crippen LogP contribution in [0.1, 0.15) is 25.3 Å². The van der Waals surface area contributed by atoms with Gasteiger partial charge in [-0.05, 0) is 18.9 Å². The molecular formula is C18H18F3NO4. The van der Waals surface area contributed by atoms with Gasteiger partial charge in [-0.25, -0.2) is 4.79 Å². The van der Waals surface area contributed by atoms with Gasteiger partial charge in [0.1, 0.15) is 6.04 Å². The van der Waals surface area contributed by atoms with Crippen molar-refractivity contribution < 1.29 is 32.3 Å². The van der Waals surface area contributed by atoms with Crippen LogP contribution < -0.4 is 0 Å². The fourth-order valence-electron chi connectivity index (χ4n) is 2.98. The molecule has 0 unspecified atom stereocenters. The van der Waals surface area contributed by atoms with Gasteiger partial charge in [0.25, 0.3) is 5.78 Å². The molecule has 2 rings (SSSR count). The molecule has 0 aliphatic carbocycles. The second-order valence-electron chi connectivity index (χ2n) is 5.88. The van der Waals surface area contributed by atoms with Crippen LogP contribution in [0.5, 0.6) is 0 Å². The van der Waals surface area contributed by atoms with Gasteiger partial charge in [-0.15, -0.1) is 0 Å². The topological polar surface area (TPSA) is 63.7 Å². The number of carbonyl (C=O) groups is 3. The van der Waals surface area contributed by atoms with Crippen LogP contribution in [0.2, 0.25) is 0 Å². The lowest BCUT2D eigenvalue weighted by molar-refractivity contribution is -0.167. The number of rotatable bonds is 5. The number of allylic oxidation sites excluding steroid dienone is 2. The van der Waals surface area contributed by atoms with Crippen LogP contribution in [-0.4, -0.2) is 41.9 Å². The molecule has 0 saturated heterocycles. The molecule has 1 amide bonds.